The third-order valence-electron chi connectivity index (χ3n) is 3.04. The smallest absolute Gasteiger partial charge is 0.406 e. The zero-order chi connectivity index (χ0) is 17.5. The number of hydrogen-bond donors (Lipinski definition) is 0. The largest absolute Gasteiger partial charge is 0.573 e. The lowest BCUT2D eigenvalue weighted by Gasteiger charge is -2.26. The molecule has 0 fully saturated rings. The van der Waals surface area contributed by atoms with E-state index in [9.17, 15) is 21.6 Å². The highest BCUT2D eigenvalue weighted by Gasteiger charge is 2.31. The van der Waals surface area contributed by atoms with Crippen molar-refractivity contribution in [2.45, 2.75) is 6.36 Å². The van der Waals surface area contributed by atoms with Crippen molar-refractivity contribution in [3.63, 3.8) is 0 Å². The summed E-state index contributed by atoms with van der Waals surface area (Å²) < 4.78 is 67.3. The number of nitrogens with zero attached hydrogens (tertiary/aromatic N) is 2. The zero-order valence-corrected chi connectivity index (χ0v) is 13.2. The van der Waals surface area contributed by atoms with Crippen LogP contribution >= 0.6 is 11.6 Å². The Morgan fingerprint density at radius 2 is 1.83 bits per heavy atom. The molecule has 5 nitrogen and oxygen atoms in total. The fourth-order valence-corrected chi connectivity index (χ4v) is 3.12. The van der Waals surface area contributed by atoms with Gasteiger partial charge in [-0.25, -0.2) is 0 Å². The van der Waals surface area contributed by atoms with Crippen molar-refractivity contribution in [2.75, 3.05) is 0 Å². The molecule has 2 heterocycles. The fourth-order valence-electron chi connectivity index (χ4n) is 2.12. The van der Waals surface area contributed by atoms with Crippen molar-refractivity contribution < 1.29 is 26.3 Å². The third-order valence-corrected chi connectivity index (χ3v) is 4.14. The molecule has 0 spiro atoms. The first kappa shape index (κ1) is 16.6. The van der Waals surface area contributed by atoms with Gasteiger partial charge in [0.1, 0.15) is 5.75 Å². The van der Waals surface area contributed by atoms with Crippen LogP contribution in [0.15, 0.2) is 57.6 Å². The molecule has 0 N–H and O–H groups in total. The normalized spacial score (nSPS) is 19.2. The number of rotatable bonds is 2. The first-order chi connectivity index (χ1) is 11.1. The molecule has 1 aromatic rings. The van der Waals surface area contributed by atoms with Gasteiger partial charge in [0.2, 0.25) is 0 Å². The first-order valence-electron chi connectivity index (χ1n) is 6.40. The number of hydrogen-bond acceptors (Lipinski definition) is 4. The van der Waals surface area contributed by atoms with E-state index in [1.165, 1.54) is 35.5 Å². The van der Waals surface area contributed by atoms with Gasteiger partial charge in [0.25, 0.3) is 10.0 Å². The summed E-state index contributed by atoms with van der Waals surface area (Å²) in [5.41, 5.74) is 0.791. The van der Waals surface area contributed by atoms with Gasteiger partial charge in [0, 0.05) is 18.0 Å². The van der Waals surface area contributed by atoms with Crippen molar-refractivity contribution >= 4 is 33.0 Å². The minimum Gasteiger partial charge on any atom is -0.406 e. The topological polar surface area (TPSA) is 59.0 Å². The molecular weight excluding hydrogens is 369 g/mol. The SMILES string of the molecule is O=S1(=O)C=CN2C=C(Cl)C=C(c3ccc(OC(F)(F)F)cc3)C2=N1. The number of ether oxygens (including phenoxy) is 1. The third kappa shape index (κ3) is 3.62. The van der Waals surface area contributed by atoms with Crippen LogP contribution in [0, 0.1) is 0 Å². The predicted octanol–water partition coefficient (Wildman–Crippen LogP) is 3.58. The van der Waals surface area contributed by atoms with Crippen molar-refractivity contribution in [3.8, 4) is 5.75 Å². The van der Waals surface area contributed by atoms with Crippen LogP contribution in [0.4, 0.5) is 13.2 Å². The van der Waals surface area contributed by atoms with Crippen LogP contribution in [0.5, 0.6) is 5.75 Å². The summed E-state index contributed by atoms with van der Waals surface area (Å²) in [6, 6.07) is 4.95. The average Bonchev–Trinajstić information content (AvgIpc) is 2.46. The van der Waals surface area contributed by atoms with E-state index in [1.54, 1.807) is 0 Å². The van der Waals surface area contributed by atoms with Crippen LogP contribution in [0.1, 0.15) is 5.56 Å². The van der Waals surface area contributed by atoms with Crippen molar-refractivity contribution in [2.24, 2.45) is 4.40 Å². The van der Waals surface area contributed by atoms with Gasteiger partial charge in [-0.2, -0.15) is 8.42 Å². The molecule has 2 aliphatic heterocycles. The molecule has 3 rings (SSSR count). The molecule has 0 saturated carbocycles. The Labute approximate surface area is 140 Å². The quantitative estimate of drug-likeness (QED) is 0.791. The molecule has 0 atom stereocenters. The van der Waals surface area contributed by atoms with Crippen LogP contribution in [0.2, 0.25) is 0 Å². The molecule has 126 valence electrons. The molecule has 0 bridgehead atoms. The first-order valence-corrected chi connectivity index (χ1v) is 8.28. The number of amidine groups is 1. The van der Waals surface area contributed by atoms with E-state index >= 15 is 0 Å². The van der Waals surface area contributed by atoms with Gasteiger partial charge in [-0.15, -0.1) is 17.6 Å². The minimum atomic E-state index is -4.79. The number of halogens is 4. The lowest BCUT2D eigenvalue weighted by molar-refractivity contribution is -0.274. The van der Waals surface area contributed by atoms with Crippen LogP contribution < -0.4 is 4.74 Å². The van der Waals surface area contributed by atoms with Gasteiger partial charge in [-0.1, -0.05) is 23.7 Å². The van der Waals surface area contributed by atoms with E-state index in [-0.39, 0.29) is 11.6 Å². The summed E-state index contributed by atoms with van der Waals surface area (Å²) in [4.78, 5) is 1.42. The number of benzene rings is 1. The Morgan fingerprint density at radius 3 is 2.46 bits per heavy atom. The summed E-state index contributed by atoms with van der Waals surface area (Å²) in [7, 11) is -3.76. The van der Waals surface area contributed by atoms with Crippen LogP contribution in [0.3, 0.4) is 0 Å². The van der Waals surface area contributed by atoms with Crippen molar-refractivity contribution in [1.82, 2.24) is 4.90 Å². The summed E-state index contributed by atoms with van der Waals surface area (Å²) in [5.74, 6) is -0.286. The van der Waals surface area contributed by atoms with E-state index in [1.807, 2.05) is 0 Å². The molecule has 0 aromatic heterocycles. The van der Waals surface area contributed by atoms with Crippen LogP contribution in [-0.4, -0.2) is 25.5 Å². The Morgan fingerprint density at radius 1 is 1.17 bits per heavy atom. The van der Waals surface area contributed by atoms with E-state index in [4.69, 9.17) is 11.6 Å². The van der Waals surface area contributed by atoms with Gasteiger partial charge < -0.3 is 9.64 Å². The highest BCUT2D eigenvalue weighted by Crippen LogP contribution is 2.31. The molecule has 0 amide bonds. The van der Waals surface area contributed by atoms with E-state index in [0.29, 0.717) is 16.2 Å². The maximum atomic E-state index is 12.2. The second-order valence-electron chi connectivity index (χ2n) is 4.77. The maximum absolute atomic E-state index is 12.2. The minimum absolute atomic E-state index is 0.103. The monoisotopic (exact) mass is 376 g/mol. The van der Waals surface area contributed by atoms with E-state index in [0.717, 1.165) is 17.5 Å². The molecule has 0 aliphatic carbocycles. The number of sulfonamides is 1. The fraction of sp³-hybridized carbons (Fsp3) is 0.0714. The predicted molar refractivity (Wildman–Crippen MR) is 82.4 cm³/mol. The molecule has 10 heteroatoms. The lowest BCUT2D eigenvalue weighted by atomic mass is 10.0. The standard InChI is InChI=1S/C14H8ClF3N2O3S/c15-10-7-12(13-19-24(21,22)6-5-20(13)8-10)9-1-3-11(4-2-9)23-14(16,17)18/h1-8H. The molecular formula is C14H8ClF3N2O3S. The molecule has 0 saturated heterocycles. The molecule has 0 radical (unpaired) electrons. The maximum Gasteiger partial charge on any atom is 0.573 e. The van der Waals surface area contributed by atoms with Gasteiger partial charge in [0.15, 0.2) is 5.84 Å². The highest BCUT2D eigenvalue weighted by atomic mass is 35.5. The number of allylic oxidation sites excluding steroid dienone is 2. The molecule has 24 heavy (non-hydrogen) atoms. The van der Waals surface area contributed by atoms with E-state index in [2.05, 4.69) is 9.13 Å². The Kier molecular flexibility index (Phi) is 3.92. The lowest BCUT2D eigenvalue weighted by Crippen LogP contribution is -2.28. The molecule has 1 aromatic carbocycles. The van der Waals surface area contributed by atoms with Crippen molar-refractivity contribution in [1.29, 1.82) is 0 Å². The Bertz CT molecular complexity index is 900. The van der Waals surface area contributed by atoms with E-state index < -0.39 is 16.4 Å². The summed E-state index contributed by atoms with van der Waals surface area (Å²) >= 11 is 6.00. The summed E-state index contributed by atoms with van der Waals surface area (Å²) in [5, 5.41) is 1.23. The zero-order valence-electron chi connectivity index (χ0n) is 11.7. The van der Waals surface area contributed by atoms with Crippen LogP contribution in [-0.2, 0) is 10.0 Å². The second-order valence-corrected chi connectivity index (χ2v) is 6.69. The van der Waals surface area contributed by atoms with Gasteiger partial charge in [-0.05, 0) is 23.8 Å². The summed E-state index contributed by atoms with van der Waals surface area (Å²) in [6.45, 7) is 0. The Balaban J connectivity index is 1.98. The highest BCUT2D eigenvalue weighted by molar-refractivity contribution is 7.93. The average molecular weight is 377 g/mol. The van der Waals surface area contributed by atoms with Crippen LogP contribution in [0.25, 0.3) is 5.57 Å². The van der Waals surface area contributed by atoms with Gasteiger partial charge in [-0.3, -0.25) is 0 Å². The van der Waals surface area contributed by atoms with Crippen molar-refractivity contribution in [3.05, 3.63) is 58.7 Å². The van der Waals surface area contributed by atoms with Gasteiger partial charge >= 0.3 is 6.36 Å². The Hall–Kier alpha value is -2.26. The molecule has 2 aliphatic rings. The molecule has 0 unspecified atom stereocenters. The summed E-state index contributed by atoms with van der Waals surface area (Å²) in [6.07, 6.45) is -0.559. The number of fused-ring (bicyclic) bond motifs is 1. The number of alkyl halides is 3. The second kappa shape index (κ2) is 5.67. The van der Waals surface area contributed by atoms with Gasteiger partial charge in [0.05, 0.1) is 10.4 Å².